The van der Waals surface area contributed by atoms with E-state index in [1.54, 1.807) is 0 Å². The van der Waals surface area contributed by atoms with E-state index in [9.17, 15) is 4.79 Å². The Labute approximate surface area is 125 Å². The maximum atomic E-state index is 12.2. The van der Waals surface area contributed by atoms with Crippen LogP contribution in [0.3, 0.4) is 0 Å². The van der Waals surface area contributed by atoms with E-state index in [2.05, 4.69) is 25.7 Å². The number of carbonyl (C=O) groups is 1. The van der Waals surface area contributed by atoms with Crippen molar-refractivity contribution < 1.29 is 9.53 Å². The molecule has 1 aliphatic rings. The van der Waals surface area contributed by atoms with Crippen LogP contribution in [0, 0.1) is 0 Å². The first-order valence-electron chi connectivity index (χ1n) is 6.74. The minimum atomic E-state index is -0.0937. The van der Waals surface area contributed by atoms with E-state index in [4.69, 9.17) is 4.74 Å². The number of hydrogen-bond donors (Lipinski definition) is 1. The Morgan fingerprint density at radius 2 is 2.29 bits per heavy atom. The van der Waals surface area contributed by atoms with Gasteiger partial charge in [-0.05, 0) is 21.9 Å². The molecule has 3 rings (SSSR count). The number of nitrogens with one attached hydrogen (secondary N) is 1. The smallest absolute Gasteiger partial charge is 0.263 e. The number of thiophene rings is 1. The molecule has 0 saturated carbocycles. The SMILES string of the molecule is O=C(NCCN1CCOCC1)c1sccc1-n1cnnn1. The number of amides is 1. The average Bonchev–Trinajstić information content (AvgIpc) is 3.19. The minimum Gasteiger partial charge on any atom is -0.379 e. The van der Waals surface area contributed by atoms with E-state index in [-0.39, 0.29) is 5.91 Å². The van der Waals surface area contributed by atoms with Crippen LogP contribution in [0.2, 0.25) is 0 Å². The zero-order chi connectivity index (χ0) is 14.5. The molecule has 0 spiro atoms. The van der Waals surface area contributed by atoms with Crippen molar-refractivity contribution in [1.82, 2.24) is 30.4 Å². The number of ether oxygens (including phenoxy) is 1. The van der Waals surface area contributed by atoms with Crippen molar-refractivity contribution in [3.05, 3.63) is 22.7 Å². The molecule has 0 aliphatic carbocycles. The molecule has 112 valence electrons. The first kappa shape index (κ1) is 14.1. The summed E-state index contributed by atoms with van der Waals surface area (Å²) < 4.78 is 6.79. The third-order valence-electron chi connectivity index (χ3n) is 3.26. The van der Waals surface area contributed by atoms with E-state index in [0.29, 0.717) is 17.1 Å². The molecule has 2 aromatic rings. The van der Waals surface area contributed by atoms with Crippen molar-refractivity contribution >= 4 is 17.2 Å². The molecular weight excluding hydrogens is 292 g/mol. The van der Waals surface area contributed by atoms with Gasteiger partial charge in [0.1, 0.15) is 11.2 Å². The van der Waals surface area contributed by atoms with Crippen molar-refractivity contribution in [2.45, 2.75) is 0 Å². The van der Waals surface area contributed by atoms with Crippen LogP contribution >= 0.6 is 11.3 Å². The first-order chi connectivity index (χ1) is 10.3. The zero-order valence-corrected chi connectivity index (χ0v) is 12.3. The van der Waals surface area contributed by atoms with Crippen LogP contribution in [0.5, 0.6) is 0 Å². The van der Waals surface area contributed by atoms with Gasteiger partial charge in [-0.15, -0.1) is 16.4 Å². The summed E-state index contributed by atoms with van der Waals surface area (Å²) in [5, 5.41) is 15.8. The molecule has 8 nitrogen and oxygen atoms in total. The lowest BCUT2D eigenvalue weighted by Gasteiger charge is -2.26. The molecule has 0 unspecified atom stereocenters. The number of rotatable bonds is 5. The summed E-state index contributed by atoms with van der Waals surface area (Å²) in [6.45, 7) is 4.83. The highest BCUT2D eigenvalue weighted by atomic mass is 32.1. The predicted molar refractivity (Wildman–Crippen MR) is 76.6 cm³/mol. The maximum Gasteiger partial charge on any atom is 0.263 e. The quantitative estimate of drug-likeness (QED) is 0.822. The lowest BCUT2D eigenvalue weighted by molar-refractivity contribution is 0.0383. The highest BCUT2D eigenvalue weighted by Gasteiger charge is 2.16. The maximum absolute atomic E-state index is 12.2. The molecule has 1 aliphatic heterocycles. The fraction of sp³-hybridized carbons (Fsp3) is 0.500. The number of carbonyl (C=O) groups excluding carboxylic acids is 1. The molecule has 9 heteroatoms. The summed E-state index contributed by atoms with van der Waals surface area (Å²) in [7, 11) is 0. The summed E-state index contributed by atoms with van der Waals surface area (Å²) >= 11 is 1.38. The van der Waals surface area contributed by atoms with Crippen LogP contribution in [0.15, 0.2) is 17.8 Å². The van der Waals surface area contributed by atoms with Crippen LogP contribution < -0.4 is 5.32 Å². The minimum absolute atomic E-state index is 0.0937. The van der Waals surface area contributed by atoms with Crippen LogP contribution in [-0.4, -0.2) is 70.4 Å². The molecule has 1 N–H and O–H groups in total. The van der Waals surface area contributed by atoms with Gasteiger partial charge in [-0.2, -0.15) is 4.68 Å². The van der Waals surface area contributed by atoms with Gasteiger partial charge in [0, 0.05) is 26.2 Å². The number of hydrogen-bond acceptors (Lipinski definition) is 7. The van der Waals surface area contributed by atoms with Gasteiger partial charge in [-0.25, -0.2) is 0 Å². The summed E-state index contributed by atoms with van der Waals surface area (Å²) in [6, 6.07) is 1.83. The van der Waals surface area contributed by atoms with Crippen molar-refractivity contribution in [3.8, 4) is 5.69 Å². The van der Waals surface area contributed by atoms with E-state index in [1.165, 1.54) is 22.3 Å². The van der Waals surface area contributed by atoms with Crippen molar-refractivity contribution in [1.29, 1.82) is 0 Å². The second kappa shape index (κ2) is 6.74. The molecule has 0 atom stereocenters. The van der Waals surface area contributed by atoms with Crippen LogP contribution in [0.25, 0.3) is 5.69 Å². The standard InChI is InChI=1S/C12H16N6O2S/c19-12(13-2-3-17-4-6-20-7-5-17)11-10(1-8-21-11)18-9-14-15-16-18/h1,8-9H,2-7H2,(H,13,19). The average molecular weight is 308 g/mol. The Morgan fingerprint density at radius 1 is 1.43 bits per heavy atom. The third-order valence-corrected chi connectivity index (χ3v) is 4.17. The topological polar surface area (TPSA) is 85.2 Å². The zero-order valence-electron chi connectivity index (χ0n) is 11.4. The fourth-order valence-corrected chi connectivity index (χ4v) is 2.95. The van der Waals surface area contributed by atoms with Gasteiger partial charge >= 0.3 is 0 Å². The molecule has 1 saturated heterocycles. The van der Waals surface area contributed by atoms with Gasteiger partial charge in [0.15, 0.2) is 0 Å². The summed E-state index contributed by atoms with van der Waals surface area (Å²) in [4.78, 5) is 15.1. The third kappa shape index (κ3) is 3.43. The summed E-state index contributed by atoms with van der Waals surface area (Å²) in [5.74, 6) is -0.0937. The number of aromatic nitrogens is 4. The second-order valence-electron chi connectivity index (χ2n) is 4.60. The molecule has 3 heterocycles. The second-order valence-corrected chi connectivity index (χ2v) is 5.52. The van der Waals surface area contributed by atoms with Gasteiger partial charge in [-0.3, -0.25) is 9.69 Å². The molecule has 1 amide bonds. The summed E-state index contributed by atoms with van der Waals surface area (Å²) in [5.41, 5.74) is 0.703. The van der Waals surface area contributed by atoms with E-state index in [1.807, 2.05) is 11.4 Å². The van der Waals surface area contributed by atoms with Gasteiger partial charge in [0.2, 0.25) is 0 Å². The van der Waals surface area contributed by atoms with Crippen LogP contribution in [0.4, 0.5) is 0 Å². The molecule has 0 radical (unpaired) electrons. The Bertz CT molecular complexity index is 578. The van der Waals surface area contributed by atoms with Crippen molar-refractivity contribution in [2.75, 3.05) is 39.4 Å². The van der Waals surface area contributed by atoms with Gasteiger partial charge < -0.3 is 10.1 Å². The van der Waals surface area contributed by atoms with Crippen molar-refractivity contribution in [3.63, 3.8) is 0 Å². The molecule has 21 heavy (non-hydrogen) atoms. The Kier molecular flexibility index (Phi) is 4.53. The predicted octanol–water partition coefficient (Wildman–Crippen LogP) is -0.214. The Morgan fingerprint density at radius 3 is 3.05 bits per heavy atom. The van der Waals surface area contributed by atoms with Gasteiger partial charge in [-0.1, -0.05) is 0 Å². The van der Waals surface area contributed by atoms with E-state index in [0.717, 1.165) is 32.8 Å². The van der Waals surface area contributed by atoms with Gasteiger partial charge in [0.05, 0.1) is 18.9 Å². The molecule has 1 fully saturated rings. The summed E-state index contributed by atoms with van der Waals surface area (Å²) in [6.07, 6.45) is 1.48. The first-order valence-corrected chi connectivity index (χ1v) is 7.62. The number of nitrogens with zero attached hydrogens (tertiary/aromatic N) is 5. The van der Waals surface area contributed by atoms with Crippen LogP contribution in [-0.2, 0) is 4.74 Å². The Balaban J connectivity index is 1.55. The largest absolute Gasteiger partial charge is 0.379 e. The normalized spacial score (nSPS) is 16.0. The molecule has 2 aromatic heterocycles. The Hall–Kier alpha value is -1.84. The van der Waals surface area contributed by atoms with Crippen molar-refractivity contribution in [2.24, 2.45) is 0 Å². The molecule has 0 aromatic carbocycles. The van der Waals surface area contributed by atoms with E-state index < -0.39 is 0 Å². The van der Waals surface area contributed by atoms with Gasteiger partial charge in [0.25, 0.3) is 5.91 Å². The fourth-order valence-electron chi connectivity index (χ4n) is 2.16. The molecule has 0 bridgehead atoms. The van der Waals surface area contributed by atoms with E-state index >= 15 is 0 Å². The van der Waals surface area contributed by atoms with Crippen LogP contribution in [0.1, 0.15) is 9.67 Å². The highest BCUT2D eigenvalue weighted by Crippen LogP contribution is 2.19. The molecular formula is C12H16N6O2S. The highest BCUT2D eigenvalue weighted by molar-refractivity contribution is 7.12. The monoisotopic (exact) mass is 308 g/mol. The lowest BCUT2D eigenvalue weighted by Crippen LogP contribution is -2.41. The number of morpholine rings is 1. The lowest BCUT2D eigenvalue weighted by atomic mass is 10.3. The number of tetrazole rings is 1.